The number of rotatable bonds is 5. The molecule has 1 aliphatic rings. The maximum Gasteiger partial charge on any atom is 0.244 e. The lowest BCUT2D eigenvalue weighted by Crippen LogP contribution is -2.27. The molecule has 0 radical (unpaired) electrons. The maximum atomic E-state index is 12.4. The second-order valence-corrected chi connectivity index (χ2v) is 8.09. The highest BCUT2D eigenvalue weighted by Crippen LogP contribution is 2.24. The van der Waals surface area contributed by atoms with Crippen molar-refractivity contribution in [3.63, 3.8) is 0 Å². The van der Waals surface area contributed by atoms with Gasteiger partial charge in [-0.05, 0) is 31.9 Å². The molecule has 118 valence electrons. The Morgan fingerprint density at radius 3 is 2.68 bits per heavy atom. The van der Waals surface area contributed by atoms with Gasteiger partial charge in [-0.1, -0.05) is 16.9 Å². The van der Waals surface area contributed by atoms with Crippen LogP contribution in [0, 0.1) is 6.92 Å². The highest BCUT2D eigenvalue weighted by atomic mass is 32.2. The number of pyridine rings is 1. The van der Waals surface area contributed by atoms with E-state index in [1.54, 1.807) is 12.1 Å². The minimum absolute atomic E-state index is 0.260. The summed E-state index contributed by atoms with van der Waals surface area (Å²) in [6.07, 6.45) is 3.29. The average molecular weight is 339 g/mol. The van der Waals surface area contributed by atoms with Crippen molar-refractivity contribution in [2.45, 2.75) is 35.4 Å². The molecule has 3 heterocycles. The van der Waals surface area contributed by atoms with E-state index in [0.717, 1.165) is 29.3 Å². The molecule has 1 saturated heterocycles. The number of sulfonamides is 1. The molecule has 1 aliphatic heterocycles. The molecule has 0 amide bonds. The Bertz CT molecular complexity index is 735. The molecule has 0 unspecified atom stereocenters. The van der Waals surface area contributed by atoms with E-state index in [0.29, 0.717) is 18.8 Å². The van der Waals surface area contributed by atoms with Gasteiger partial charge in [-0.15, -0.1) is 0 Å². The summed E-state index contributed by atoms with van der Waals surface area (Å²) in [5.74, 6) is 1.42. The number of thioether (sulfide) groups is 1. The van der Waals surface area contributed by atoms with Gasteiger partial charge in [-0.25, -0.2) is 13.4 Å². The van der Waals surface area contributed by atoms with Gasteiger partial charge in [0.2, 0.25) is 10.0 Å². The minimum atomic E-state index is -3.39. The highest BCUT2D eigenvalue weighted by molar-refractivity contribution is 7.98. The molecule has 0 saturated carbocycles. The fourth-order valence-corrected chi connectivity index (χ4v) is 4.50. The van der Waals surface area contributed by atoms with E-state index in [4.69, 9.17) is 4.52 Å². The molecule has 1 fully saturated rings. The van der Waals surface area contributed by atoms with Crippen molar-refractivity contribution in [3.8, 4) is 0 Å². The predicted octanol–water partition coefficient (Wildman–Crippen LogP) is 2.45. The molecule has 22 heavy (non-hydrogen) atoms. The zero-order valence-electron chi connectivity index (χ0n) is 12.2. The first-order chi connectivity index (χ1) is 10.6. The fourth-order valence-electron chi connectivity index (χ4n) is 2.32. The van der Waals surface area contributed by atoms with Crippen LogP contribution in [0.1, 0.15) is 24.3 Å². The zero-order valence-corrected chi connectivity index (χ0v) is 13.9. The first kappa shape index (κ1) is 15.5. The van der Waals surface area contributed by atoms with Gasteiger partial charge in [-0.2, -0.15) is 4.31 Å². The molecule has 3 rings (SSSR count). The maximum absolute atomic E-state index is 12.4. The normalized spacial score (nSPS) is 16.2. The van der Waals surface area contributed by atoms with Crippen LogP contribution in [0.5, 0.6) is 0 Å². The van der Waals surface area contributed by atoms with Gasteiger partial charge in [0.1, 0.15) is 10.7 Å². The van der Waals surface area contributed by atoms with E-state index in [-0.39, 0.29) is 4.90 Å². The Labute approximate surface area is 134 Å². The van der Waals surface area contributed by atoms with Crippen molar-refractivity contribution in [1.82, 2.24) is 14.4 Å². The van der Waals surface area contributed by atoms with Crippen LogP contribution in [0.4, 0.5) is 0 Å². The van der Waals surface area contributed by atoms with Gasteiger partial charge in [-0.3, -0.25) is 0 Å². The van der Waals surface area contributed by atoms with Gasteiger partial charge in [0.05, 0.1) is 10.7 Å². The summed E-state index contributed by atoms with van der Waals surface area (Å²) in [7, 11) is -3.39. The van der Waals surface area contributed by atoms with Crippen molar-refractivity contribution in [2.75, 3.05) is 13.1 Å². The van der Waals surface area contributed by atoms with Gasteiger partial charge < -0.3 is 4.52 Å². The van der Waals surface area contributed by atoms with Crippen LogP contribution in [0.25, 0.3) is 0 Å². The molecule has 0 aliphatic carbocycles. The van der Waals surface area contributed by atoms with Crippen LogP contribution in [0.15, 0.2) is 38.8 Å². The standard InChI is InChI=1S/C14H17N3O3S2/c1-11-8-12(16-20-11)10-21-14-5-4-13(9-15-14)22(18,19)17-6-2-3-7-17/h4-5,8-9H,2-3,6-7,10H2,1H3. The van der Waals surface area contributed by atoms with E-state index in [1.807, 2.05) is 13.0 Å². The molecular weight excluding hydrogens is 322 g/mol. The van der Waals surface area contributed by atoms with Gasteiger partial charge in [0.15, 0.2) is 0 Å². The molecule has 2 aromatic heterocycles. The van der Waals surface area contributed by atoms with Gasteiger partial charge in [0.25, 0.3) is 0 Å². The molecule has 0 spiro atoms. The molecule has 8 heteroatoms. The van der Waals surface area contributed by atoms with Crippen molar-refractivity contribution in [3.05, 3.63) is 35.9 Å². The molecular formula is C14H17N3O3S2. The van der Waals surface area contributed by atoms with Crippen LogP contribution in [-0.2, 0) is 15.8 Å². The van der Waals surface area contributed by atoms with Crippen molar-refractivity contribution in [2.24, 2.45) is 0 Å². The highest BCUT2D eigenvalue weighted by Gasteiger charge is 2.27. The lowest BCUT2D eigenvalue weighted by Gasteiger charge is -2.15. The number of hydrogen-bond acceptors (Lipinski definition) is 6. The van der Waals surface area contributed by atoms with Crippen molar-refractivity contribution >= 4 is 21.8 Å². The fraction of sp³-hybridized carbons (Fsp3) is 0.429. The zero-order chi connectivity index (χ0) is 15.6. The third kappa shape index (κ3) is 3.34. The Morgan fingerprint density at radius 2 is 2.09 bits per heavy atom. The van der Waals surface area contributed by atoms with Crippen LogP contribution < -0.4 is 0 Å². The smallest absolute Gasteiger partial charge is 0.244 e. The van der Waals surface area contributed by atoms with Crippen LogP contribution in [0.3, 0.4) is 0 Å². The number of aryl methyl sites for hydroxylation is 1. The Morgan fingerprint density at radius 1 is 1.32 bits per heavy atom. The lowest BCUT2D eigenvalue weighted by molar-refractivity contribution is 0.393. The summed E-state index contributed by atoms with van der Waals surface area (Å²) in [6, 6.07) is 5.23. The lowest BCUT2D eigenvalue weighted by atomic mass is 10.4. The van der Waals surface area contributed by atoms with E-state index in [9.17, 15) is 8.42 Å². The Hall–Kier alpha value is -1.38. The molecule has 2 aromatic rings. The Balaban J connectivity index is 1.67. The van der Waals surface area contributed by atoms with E-state index >= 15 is 0 Å². The summed E-state index contributed by atoms with van der Waals surface area (Å²) in [5.41, 5.74) is 0.845. The third-order valence-corrected chi connectivity index (χ3v) is 6.32. The first-order valence-electron chi connectivity index (χ1n) is 7.07. The van der Waals surface area contributed by atoms with Crippen molar-refractivity contribution < 1.29 is 12.9 Å². The summed E-state index contributed by atoms with van der Waals surface area (Å²) < 4.78 is 31.3. The minimum Gasteiger partial charge on any atom is -0.361 e. The monoisotopic (exact) mass is 339 g/mol. The summed E-state index contributed by atoms with van der Waals surface area (Å²) in [4.78, 5) is 4.50. The summed E-state index contributed by atoms with van der Waals surface area (Å²) in [6.45, 7) is 3.05. The predicted molar refractivity (Wildman–Crippen MR) is 83.0 cm³/mol. The third-order valence-electron chi connectivity index (χ3n) is 3.46. The first-order valence-corrected chi connectivity index (χ1v) is 9.49. The van der Waals surface area contributed by atoms with E-state index in [2.05, 4.69) is 10.1 Å². The second kappa shape index (κ2) is 6.39. The molecule has 6 nitrogen and oxygen atoms in total. The van der Waals surface area contributed by atoms with Crippen LogP contribution in [0.2, 0.25) is 0 Å². The van der Waals surface area contributed by atoms with E-state index < -0.39 is 10.0 Å². The Kier molecular flexibility index (Phi) is 4.51. The second-order valence-electron chi connectivity index (χ2n) is 5.16. The summed E-state index contributed by atoms with van der Waals surface area (Å²) in [5, 5.41) is 4.68. The van der Waals surface area contributed by atoms with Gasteiger partial charge >= 0.3 is 0 Å². The molecule has 0 bridgehead atoms. The molecule has 0 N–H and O–H groups in total. The number of hydrogen-bond donors (Lipinski definition) is 0. The number of nitrogens with zero attached hydrogens (tertiary/aromatic N) is 3. The summed E-state index contributed by atoms with van der Waals surface area (Å²) >= 11 is 1.50. The van der Waals surface area contributed by atoms with Crippen LogP contribution >= 0.6 is 11.8 Å². The number of aromatic nitrogens is 2. The van der Waals surface area contributed by atoms with Crippen LogP contribution in [-0.4, -0.2) is 36.0 Å². The topological polar surface area (TPSA) is 76.3 Å². The quantitative estimate of drug-likeness (QED) is 0.779. The van der Waals surface area contributed by atoms with Gasteiger partial charge in [0, 0.05) is 31.1 Å². The van der Waals surface area contributed by atoms with Crippen molar-refractivity contribution in [1.29, 1.82) is 0 Å². The van der Waals surface area contributed by atoms with E-state index in [1.165, 1.54) is 22.3 Å². The SMILES string of the molecule is Cc1cc(CSc2ccc(S(=O)(=O)N3CCCC3)cn2)no1. The largest absolute Gasteiger partial charge is 0.361 e. The molecule has 0 atom stereocenters. The average Bonchev–Trinajstić information content (AvgIpc) is 3.17. The molecule has 0 aromatic carbocycles.